The minimum Gasteiger partial charge on any atom is -0.400 e. The minimum absolute atomic E-state index is 0.313. The first-order valence-electron chi connectivity index (χ1n) is 6.37. The molecule has 2 heterocycles. The fraction of sp³-hybridized carbons (Fsp3) is 0.500. The summed E-state index contributed by atoms with van der Waals surface area (Å²) in [6.45, 7) is 10.1. The molecule has 19 heavy (non-hydrogen) atoms. The number of aromatic nitrogens is 1. The highest BCUT2D eigenvalue weighted by Crippen LogP contribution is 2.37. The summed E-state index contributed by atoms with van der Waals surface area (Å²) in [5.74, 6) is 1.91. The van der Waals surface area contributed by atoms with Crippen LogP contribution in [0.25, 0.3) is 6.08 Å². The maximum atomic E-state index is 5.90. The summed E-state index contributed by atoms with van der Waals surface area (Å²) in [5, 5.41) is 0.485. The molecule has 0 N–H and O–H groups in total. The highest BCUT2D eigenvalue weighted by Gasteiger charge is 2.49. The Morgan fingerprint density at radius 2 is 1.79 bits per heavy atom. The second kappa shape index (κ2) is 4.93. The predicted octanol–water partition coefficient (Wildman–Crippen LogP) is 3.69. The van der Waals surface area contributed by atoms with E-state index in [2.05, 4.69) is 4.98 Å². The Hall–Kier alpha value is -0.835. The van der Waals surface area contributed by atoms with Gasteiger partial charge < -0.3 is 9.31 Å². The lowest BCUT2D eigenvalue weighted by atomic mass is 9.89. The van der Waals surface area contributed by atoms with E-state index in [1.165, 1.54) is 0 Å². The topological polar surface area (TPSA) is 31.4 Å². The van der Waals surface area contributed by atoms with E-state index in [-0.39, 0.29) is 18.3 Å². The molecule has 1 aliphatic rings. The Kier molecular flexibility index (Phi) is 3.78. The molecule has 102 valence electrons. The Bertz CT molecular complexity index is 498. The lowest BCUT2D eigenvalue weighted by Gasteiger charge is -2.32. The van der Waals surface area contributed by atoms with E-state index >= 15 is 0 Å². The second-order valence-corrected chi connectivity index (χ2v) is 6.23. The van der Waals surface area contributed by atoms with Crippen LogP contribution in [0.15, 0.2) is 18.2 Å². The monoisotopic (exact) mass is 279 g/mol. The van der Waals surface area contributed by atoms with E-state index < -0.39 is 0 Å². The molecule has 1 aromatic rings. The fourth-order valence-corrected chi connectivity index (χ4v) is 2.01. The molecule has 0 spiro atoms. The van der Waals surface area contributed by atoms with Crippen molar-refractivity contribution in [3.63, 3.8) is 0 Å². The van der Waals surface area contributed by atoms with Gasteiger partial charge in [-0.25, -0.2) is 4.98 Å². The second-order valence-electron chi connectivity index (χ2n) is 5.85. The minimum atomic E-state index is -0.337. The van der Waals surface area contributed by atoms with Crippen LogP contribution in [0.1, 0.15) is 38.8 Å². The average Bonchev–Trinajstić information content (AvgIpc) is 2.49. The number of hydrogen-bond donors (Lipinski definition) is 0. The van der Waals surface area contributed by atoms with E-state index in [4.69, 9.17) is 20.9 Å². The van der Waals surface area contributed by atoms with E-state index in [1.807, 2.05) is 52.7 Å². The Balaban J connectivity index is 2.15. The maximum absolute atomic E-state index is 5.90. The highest BCUT2D eigenvalue weighted by atomic mass is 35.5. The summed E-state index contributed by atoms with van der Waals surface area (Å²) in [6, 6.07) is 1.83. The zero-order valence-electron chi connectivity index (χ0n) is 12.0. The molecule has 0 bridgehead atoms. The molecule has 0 amide bonds. The largest absolute Gasteiger partial charge is 0.487 e. The number of pyridine rings is 1. The van der Waals surface area contributed by atoms with Crippen molar-refractivity contribution in [1.82, 2.24) is 4.98 Å². The van der Waals surface area contributed by atoms with Crippen LogP contribution in [-0.4, -0.2) is 23.3 Å². The van der Waals surface area contributed by atoms with Crippen LogP contribution in [0.3, 0.4) is 0 Å². The molecule has 0 unspecified atom stereocenters. The van der Waals surface area contributed by atoms with Crippen LogP contribution in [0.2, 0.25) is 5.15 Å². The molecule has 0 radical (unpaired) electrons. The summed E-state index contributed by atoms with van der Waals surface area (Å²) < 4.78 is 11.8. The van der Waals surface area contributed by atoms with Gasteiger partial charge >= 0.3 is 7.12 Å². The third kappa shape index (κ3) is 3.02. The summed E-state index contributed by atoms with van der Waals surface area (Å²) in [7, 11) is -0.337. The molecule has 0 aromatic carbocycles. The molecule has 0 atom stereocenters. The van der Waals surface area contributed by atoms with E-state index in [0.717, 1.165) is 11.1 Å². The molecule has 2 rings (SSSR count). The van der Waals surface area contributed by atoms with Crippen LogP contribution < -0.4 is 0 Å². The summed E-state index contributed by atoms with van der Waals surface area (Å²) >= 11 is 5.90. The smallest absolute Gasteiger partial charge is 0.400 e. The number of halogens is 1. The van der Waals surface area contributed by atoms with Crippen LogP contribution in [-0.2, 0) is 9.31 Å². The van der Waals surface area contributed by atoms with Gasteiger partial charge in [-0.1, -0.05) is 23.7 Å². The highest BCUT2D eigenvalue weighted by molar-refractivity contribution is 6.52. The average molecular weight is 280 g/mol. The first kappa shape index (κ1) is 14.6. The van der Waals surface area contributed by atoms with Gasteiger partial charge in [0.25, 0.3) is 0 Å². The number of aryl methyl sites for hydroxylation is 1. The fourth-order valence-electron chi connectivity index (χ4n) is 1.84. The molecule has 1 fully saturated rings. The van der Waals surface area contributed by atoms with Crippen LogP contribution >= 0.6 is 11.6 Å². The van der Waals surface area contributed by atoms with Gasteiger partial charge in [0.2, 0.25) is 0 Å². The van der Waals surface area contributed by atoms with Crippen molar-refractivity contribution in [2.45, 2.75) is 45.8 Å². The lowest BCUT2D eigenvalue weighted by molar-refractivity contribution is 0.00578. The zero-order chi connectivity index (χ0) is 14.3. The van der Waals surface area contributed by atoms with Gasteiger partial charge in [-0.2, -0.15) is 0 Å². The van der Waals surface area contributed by atoms with Gasteiger partial charge in [-0.15, -0.1) is 0 Å². The molecular weight excluding hydrogens is 260 g/mol. The molecule has 1 aromatic heterocycles. The van der Waals surface area contributed by atoms with Gasteiger partial charge in [-0.05, 0) is 51.8 Å². The number of hydrogen-bond acceptors (Lipinski definition) is 3. The quantitative estimate of drug-likeness (QED) is 0.611. The van der Waals surface area contributed by atoms with Gasteiger partial charge in [0.1, 0.15) is 5.15 Å². The van der Waals surface area contributed by atoms with Gasteiger partial charge in [0.05, 0.1) is 11.2 Å². The Morgan fingerprint density at radius 1 is 1.21 bits per heavy atom. The molecule has 0 aliphatic carbocycles. The predicted molar refractivity (Wildman–Crippen MR) is 79.1 cm³/mol. The third-order valence-corrected chi connectivity index (χ3v) is 4.02. The van der Waals surface area contributed by atoms with E-state index in [1.54, 1.807) is 6.20 Å². The third-order valence-electron chi connectivity index (χ3n) is 3.82. The number of rotatable bonds is 2. The van der Waals surface area contributed by atoms with E-state index in [0.29, 0.717) is 5.15 Å². The van der Waals surface area contributed by atoms with Crippen molar-refractivity contribution in [2.24, 2.45) is 0 Å². The summed E-state index contributed by atoms with van der Waals surface area (Å²) in [6.07, 6.45) is 3.72. The molecule has 1 aliphatic heterocycles. The normalized spacial score (nSPS) is 21.3. The van der Waals surface area contributed by atoms with Crippen LogP contribution in [0.5, 0.6) is 0 Å². The lowest BCUT2D eigenvalue weighted by Crippen LogP contribution is -2.41. The van der Waals surface area contributed by atoms with Crippen molar-refractivity contribution in [2.75, 3.05) is 0 Å². The molecule has 3 nitrogen and oxygen atoms in total. The van der Waals surface area contributed by atoms with Crippen molar-refractivity contribution in [3.8, 4) is 0 Å². The van der Waals surface area contributed by atoms with Gasteiger partial charge in [0, 0.05) is 6.20 Å². The van der Waals surface area contributed by atoms with E-state index in [9.17, 15) is 0 Å². The number of nitrogens with zero attached hydrogens (tertiary/aromatic N) is 1. The van der Waals surface area contributed by atoms with Gasteiger partial charge in [-0.3, -0.25) is 0 Å². The molecule has 1 saturated heterocycles. The first-order chi connectivity index (χ1) is 8.71. The zero-order valence-corrected chi connectivity index (χ0v) is 12.8. The van der Waals surface area contributed by atoms with Crippen molar-refractivity contribution in [1.29, 1.82) is 0 Å². The summed E-state index contributed by atoms with van der Waals surface area (Å²) in [4.78, 5) is 4.03. The standard InChI is InChI=1S/C14H19BClNO2/c1-10-9-17-12(16)8-11(10)6-7-15-18-13(2,3)14(4,5)19-15/h6-9H,1-5H3/b7-6+. The van der Waals surface area contributed by atoms with Crippen LogP contribution in [0.4, 0.5) is 0 Å². The summed E-state index contributed by atoms with van der Waals surface area (Å²) in [5.41, 5.74) is 1.46. The Labute approximate surface area is 120 Å². The van der Waals surface area contributed by atoms with Crippen LogP contribution in [0, 0.1) is 6.92 Å². The molecule has 5 heteroatoms. The van der Waals surface area contributed by atoms with Crippen molar-refractivity contribution in [3.05, 3.63) is 34.5 Å². The SMILES string of the molecule is Cc1cnc(Cl)cc1/C=C/B1OC(C)(C)C(C)(C)O1. The van der Waals surface area contributed by atoms with Gasteiger partial charge in [0.15, 0.2) is 0 Å². The Morgan fingerprint density at radius 3 is 2.37 bits per heavy atom. The molecule has 0 saturated carbocycles. The first-order valence-corrected chi connectivity index (χ1v) is 6.75. The van der Waals surface area contributed by atoms with Crippen molar-refractivity contribution >= 4 is 24.8 Å². The molecular formula is C14H19BClNO2. The maximum Gasteiger partial charge on any atom is 0.487 e. The van der Waals surface area contributed by atoms with Crippen molar-refractivity contribution < 1.29 is 9.31 Å².